The number of benzene rings is 1. The predicted octanol–water partition coefficient (Wildman–Crippen LogP) is 2.46. The standard InChI is InChI=1S/C14H24N2O4S/c1-14(2,3)6-7-21(17,18)16-11-9-13(20-5)12(19-4)8-10(11)15/h8-9,16H,6-7,15H2,1-5H3. The van der Waals surface area contributed by atoms with Crippen molar-refractivity contribution in [1.29, 1.82) is 0 Å². The van der Waals surface area contributed by atoms with Crippen LogP contribution in [0.15, 0.2) is 12.1 Å². The molecule has 0 aliphatic rings. The van der Waals surface area contributed by atoms with Crippen molar-refractivity contribution in [3.8, 4) is 11.5 Å². The van der Waals surface area contributed by atoms with Crippen LogP contribution in [0.4, 0.5) is 11.4 Å². The van der Waals surface area contributed by atoms with Crippen molar-refractivity contribution >= 4 is 21.4 Å². The first-order chi connectivity index (χ1) is 9.58. The van der Waals surface area contributed by atoms with Gasteiger partial charge in [-0.15, -0.1) is 0 Å². The molecule has 0 saturated heterocycles. The second-order valence-electron chi connectivity index (χ2n) is 6.03. The van der Waals surface area contributed by atoms with Gasteiger partial charge in [0.05, 0.1) is 31.3 Å². The molecule has 0 amide bonds. The Morgan fingerprint density at radius 2 is 1.67 bits per heavy atom. The molecule has 21 heavy (non-hydrogen) atoms. The van der Waals surface area contributed by atoms with Crippen molar-refractivity contribution in [2.24, 2.45) is 5.41 Å². The Kier molecular flexibility index (Phi) is 5.33. The summed E-state index contributed by atoms with van der Waals surface area (Å²) < 4.78 is 37.0. The van der Waals surface area contributed by atoms with Gasteiger partial charge in [-0.1, -0.05) is 20.8 Å². The Morgan fingerprint density at radius 1 is 1.14 bits per heavy atom. The zero-order chi connectivity index (χ0) is 16.3. The maximum absolute atomic E-state index is 12.1. The van der Waals surface area contributed by atoms with E-state index in [0.29, 0.717) is 23.6 Å². The van der Waals surface area contributed by atoms with E-state index in [9.17, 15) is 8.42 Å². The van der Waals surface area contributed by atoms with Gasteiger partial charge < -0.3 is 15.2 Å². The summed E-state index contributed by atoms with van der Waals surface area (Å²) in [5, 5.41) is 0. The minimum atomic E-state index is -3.46. The van der Waals surface area contributed by atoms with Gasteiger partial charge in [0.15, 0.2) is 11.5 Å². The highest BCUT2D eigenvalue weighted by molar-refractivity contribution is 7.92. The molecule has 0 bridgehead atoms. The van der Waals surface area contributed by atoms with Crippen molar-refractivity contribution in [2.45, 2.75) is 27.2 Å². The summed E-state index contributed by atoms with van der Waals surface area (Å²) >= 11 is 0. The van der Waals surface area contributed by atoms with Gasteiger partial charge in [0.2, 0.25) is 10.0 Å². The van der Waals surface area contributed by atoms with Crippen LogP contribution in [0.25, 0.3) is 0 Å². The quantitative estimate of drug-likeness (QED) is 0.787. The van der Waals surface area contributed by atoms with Crippen LogP contribution in [-0.2, 0) is 10.0 Å². The van der Waals surface area contributed by atoms with Gasteiger partial charge in [0.25, 0.3) is 0 Å². The van der Waals surface area contributed by atoms with Gasteiger partial charge in [-0.3, -0.25) is 4.72 Å². The first kappa shape index (κ1) is 17.4. The number of methoxy groups -OCH3 is 2. The normalized spacial score (nSPS) is 12.0. The number of hydrogen-bond donors (Lipinski definition) is 2. The molecule has 1 aromatic carbocycles. The molecule has 0 aromatic heterocycles. The van der Waals surface area contributed by atoms with E-state index >= 15 is 0 Å². The third-order valence-corrected chi connectivity index (χ3v) is 4.21. The first-order valence-electron chi connectivity index (χ1n) is 6.60. The Balaban J connectivity index is 2.97. The Morgan fingerprint density at radius 3 is 2.14 bits per heavy atom. The topological polar surface area (TPSA) is 90.6 Å². The lowest BCUT2D eigenvalue weighted by molar-refractivity contribution is 0.355. The van der Waals surface area contributed by atoms with Crippen LogP contribution in [0, 0.1) is 5.41 Å². The molecule has 0 unspecified atom stereocenters. The van der Waals surface area contributed by atoms with Gasteiger partial charge in [-0.25, -0.2) is 8.42 Å². The smallest absolute Gasteiger partial charge is 0.232 e. The molecule has 0 fully saturated rings. The average molecular weight is 316 g/mol. The number of rotatable bonds is 6. The molecule has 7 heteroatoms. The van der Waals surface area contributed by atoms with E-state index in [0.717, 1.165) is 0 Å². The summed E-state index contributed by atoms with van der Waals surface area (Å²) in [7, 11) is -0.493. The van der Waals surface area contributed by atoms with E-state index in [4.69, 9.17) is 15.2 Å². The van der Waals surface area contributed by atoms with Crippen LogP contribution < -0.4 is 19.9 Å². The number of hydrogen-bond acceptors (Lipinski definition) is 5. The molecule has 0 atom stereocenters. The largest absolute Gasteiger partial charge is 0.493 e. The highest BCUT2D eigenvalue weighted by atomic mass is 32.2. The molecule has 0 aliphatic carbocycles. The lowest BCUT2D eigenvalue weighted by Gasteiger charge is -2.19. The number of anilines is 2. The molecular weight excluding hydrogens is 292 g/mol. The fraction of sp³-hybridized carbons (Fsp3) is 0.571. The van der Waals surface area contributed by atoms with E-state index in [1.807, 2.05) is 20.8 Å². The van der Waals surface area contributed by atoms with Gasteiger partial charge in [0, 0.05) is 12.1 Å². The summed E-state index contributed by atoms with van der Waals surface area (Å²) in [6, 6.07) is 3.04. The highest BCUT2D eigenvalue weighted by Crippen LogP contribution is 2.35. The number of nitrogens with one attached hydrogen (secondary N) is 1. The Bertz CT molecular complexity index is 592. The van der Waals surface area contributed by atoms with Crippen molar-refractivity contribution < 1.29 is 17.9 Å². The summed E-state index contributed by atoms with van der Waals surface area (Å²) in [6.45, 7) is 5.98. The molecule has 0 heterocycles. The van der Waals surface area contributed by atoms with Crippen molar-refractivity contribution in [3.63, 3.8) is 0 Å². The van der Waals surface area contributed by atoms with E-state index in [-0.39, 0.29) is 16.9 Å². The Labute approximate surface area is 126 Å². The lowest BCUT2D eigenvalue weighted by atomic mass is 9.94. The van der Waals surface area contributed by atoms with Gasteiger partial charge in [-0.2, -0.15) is 0 Å². The maximum atomic E-state index is 12.1. The monoisotopic (exact) mass is 316 g/mol. The highest BCUT2D eigenvalue weighted by Gasteiger charge is 2.19. The lowest BCUT2D eigenvalue weighted by Crippen LogP contribution is -2.21. The van der Waals surface area contributed by atoms with Crippen LogP contribution >= 0.6 is 0 Å². The van der Waals surface area contributed by atoms with E-state index < -0.39 is 10.0 Å². The molecular formula is C14H24N2O4S. The Hall–Kier alpha value is -1.63. The van der Waals surface area contributed by atoms with Crippen molar-refractivity contribution in [1.82, 2.24) is 0 Å². The van der Waals surface area contributed by atoms with Gasteiger partial charge >= 0.3 is 0 Å². The summed E-state index contributed by atoms with van der Waals surface area (Å²) in [4.78, 5) is 0. The zero-order valence-electron chi connectivity index (χ0n) is 13.2. The predicted molar refractivity (Wildman–Crippen MR) is 85.4 cm³/mol. The molecule has 1 rings (SSSR count). The van der Waals surface area contributed by atoms with Crippen LogP contribution in [0.3, 0.4) is 0 Å². The second kappa shape index (κ2) is 6.43. The van der Waals surface area contributed by atoms with E-state index in [2.05, 4.69) is 4.72 Å². The first-order valence-corrected chi connectivity index (χ1v) is 8.25. The maximum Gasteiger partial charge on any atom is 0.232 e. The van der Waals surface area contributed by atoms with Crippen LogP contribution in [-0.4, -0.2) is 28.4 Å². The molecule has 0 aliphatic heterocycles. The summed E-state index contributed by atoms with van der Waals surface area (Å²) in [5.74, 6) is 0.900. The fourth-order valence-corrected chi connectivity index (χ4v) is 3.14. The molecule has 1 aromatic rings. The second-order valence-corrected chi connectivity index (χ2v) is 7.87. The molecule has 3 N–H and O–H groups in total. The SMILES string of the molecule is COc1cc(N)c(NS(=O)(=O)CCC(C)(C)C)cc1OC. The average Bonchev–Trinajstić information content (AvgIpc) is 2.37. The third kappa shape index (κ3) is 5.34. The molecule has 0 radical (unpaired) electrons. The zero-order valence-corrected chi connectivity index (χ0v) is 14.0. The van der Waals surface area contributed by atoms with Crippen LogP contribution in [0.1, 0.15) is 27.2 Å². The summed E-state index contributed by atoms with van der Waals surface area (Å²) in [6.07, 6.45) is 0.551. The molecule has 0 saturated carbocycles. The van der Waals surface area contributed by atoms with Gasteiger partial charge in [0.1, 0.15) is 0 Å². The molecule has 120 valence electrons. The van der Waals surface area contributed by atoms with E-state index in [1.165, 1.54) is 26.4 Å². The molecule has 0 spiro atoms. The minimum Gasteiger partial charge on any atom is -0.493 e. The molecule has 6 nitrogen and oxygen atoms in total. The van der Waals surface area contributed by atoms with Crippen molar-refractivity contribution in [2.75, 3.05) is 30.4 Å². The minimum absolute atomic E-state index is 0.0320. The number of nitrogen functional groups attached to an aromatic ring is 1. The van der Waals surface area contributed by atoms with Crippen molar-refractivity contribution in [3.05, 3.63) is 12.1 Å². The third-order valence-electron chi connectivity index (χ3n) is 2.94. The fourth-order valence-electron chi connectivity index (χ4n) is 1.64. The van der Waals surface area contributed by atoms with Gasteiger partial charge in [-0.05, 0) is 11.8 Å². The summed E-state index contributed by atoms with van der Waals surface area (Å²) in [5.41, 5.74) is 6.37. The van der Waals surface area contributed by atoms with E-state index in [1.54, 1.807) is 0 Å². The number of nitrogens with two attached hydrogens (primary N) is 1. The number of sulfonamides is 1. The number of ether oxygens (including phenoxy) is 2. The van der Waals surface area contributed by atoms with Crippen LogP contribution in [0.2, 0.25) is 0 Å². The van der Waals surface area contributed by atoms with Crippen LogP contribution in [0.5, 0.6) is 11.5 Å².